The maximum absolute atomic E-state index is 11.4. The summed E-state index contributed by atoms with van der Waals surface area (Å²) in [7, 11) is 0. The minimum absolute atomic E-state index is 0.182. The van der Waals surface area contributed by atoms with Crippen LogP contribution in [0.25, 0.3) is 0 Å². The third kappa shape index (κ3) is 1.98. The number of aliphatic imine (C=N–C) groups is 1. The Morgan fingerprint density at radius 3 is 2.83 bits per heavy atom. The molecule has 1 aliphatic carbocycles. The molecule has 1 amide bonds. The highest BCUT2D eigenvalue weighted by molar-refractivity contribution is 6.10. The first-order valence-corrected chi connectivity index (χ1v) is 6.40. The highest BCUT2D eigenvalue weighted by Crippen LogP contribution is 2.30. The second kappa shape index (κ2) is 4.44. The quantitative estimate of drug-likeness (QED) is 0.862. The van der Waals surface area contributed by atoms with E-state index in [1.807, 2.05) is 18.2 Å². The van der Waals surface area contributed by atoms with Crippen LogP contribution in [0.15, 0.2) is 23.2 Å². The van der Waals surface area contributed by atoms with Crippen molar-refractivity contribution >= 4 is 11.7 Å². The summed E-state index contributed by atoms with van der Waals surface area (Å²) < 4.78 is 6.01. The summed E-state index contributed by atoms with van der Waals surface area (Å²) in [6.45, 7) is 0. The van der Waals surface area contributed by atoms with Gasteiger partial charge in [0.1, 0.15) is 11.6 Å². The Kier molecular flexibility index (Phi) is 2.78. The smallest absolute Gasteiger partial charge is 0.252 e. The summed E-state index contributed by atoms with van der Waals surface area (Å²) in [5.41, 5.74) is 7.59. The van der Waals surface area contributed by atoms with Crippen LogP contribution in [0.5, 0.6) is 5.75 Å². The van der Waals surface area contributed by atoms with Crippen LogP contribution < -0.4 is 10.5 Å². The summed E-state index contributed by atoms with van der Waals surface area (Å²) >= 11 is 0. The summed E-state index contributed by atoms with van der Waals surface area (Å²) in [4.78, 5) is 15.2. The number of amidine groups is 1. The van der Waals surface area contributed by atoms with Gasteiger partial charge >= 0.3 is 0 Å². The SMILES string of the molecule is NC1=NC(=O)Cc2cccc(OC3CCCC3)c21. The van der Waals surface area contributed by atoms with Crippen molar-refractivity contribution in [3.05, 3.63) is 29.3 Å². The molecule has 2 N–H and O–H groups in total. The van der Waals surface area contributed by atoms with E-state index in [-0.39, 0.29) is 17.8 Å². The number of hydrogen-bond acceptors (Lipinski definition) is 3. The molecule has 1 fully saturated rings. The van der Waals surface area contributed by atoms with Gasteiger partial charge in [-0.3, -0.25) is 4.79 Å². The lowest BCUT2D eigenvalue weighted by Crippen LogP contribution is -2.25. The number of carbonyl (C=O) groups is 1. The summed E-state index contributed by atoms with van der Waals surface area (Å²) in [6, 6.07) is 5.74. The van der Waals surface area contributed by atoms with Crippen LogP contribution in [0.4, 0.5) is 0 Å². The normalized spacial score (nSPS) is 19.6. The van der Waals surface area contributed by atoms with E-state index < -0.39 is 0 Å². The van der Waals surface area contributed by atoms with Gasteiger partial charge < -0.3 is 10.5 Å². The summed E-state index contributed by atoms with van der Waals surface area (Å²) in [5, 5.41) is 0. The number of amides is 1. The Balaban J connectivity index is 1.95. The molecule has 1 heterocycles. The first kappa shape index (κ1) is 11.3. The molecule has 0 aromatic heterocycles. The van der Waals surface area contributed by atoms with E-state index in [1.165, 1.54) is 12.8 Å². The highest BCUT2D eigenvalue weighted by atomic mass is 16.5. The van der Waals surface area contributed by atoms with Crippen LogP contribution in [0.3, 0.4) is 0 Å². The molecule has 4 nitrogen and oxygen atoms in total. The van der Waals surface area contributed by atoms with E-state index >= 15 is 0 Å². The van der Waals surface area contributed by atoms with Crippen molar-refractivity contribution in [2.75, 3.05) is 0 Å². The molecule has 1 aromatic rings. The average Bonchev–Trinajstić information content (AvgIpc) is 2.81. The van der Waals surface area contributed by atoms with E-state index in [0.29, 0.717) is 6.42 Å². The van der Waals surface area contributed by atoms with E-state index in [2.05, 4.69) is 4.99 Å². The van der Waals surface area contributed by atoms with Gasteiger partial charge in [-0.2, -0.15) is 4.99 Å². The molecule has 1 saturated carbocycles. The Bertz CT molecular complexity index is 517. The standard InChI is InChI=1S/C14H16N2O2/c15-14-13-9(8-12(17)16-14)4-3-7-11(13)18-10-5-1-2-6-10/h3-4,7,10H,1-2,5-6,8H2,(H2,15,16,17). The van der Waals surface area contributed by atoms with Gasteiger partial charge in [0.15, 0.2) is 0 Å². The molecule has 0 unspecified atom stereocenters. The number of nitrogens with zero attached hydrogens (tertiary/aromatic N) is 1. The summed E-state index contributed by atoms with van der Waals surface area (Å²) in [6.07, 6.45) is 5.24. The van der Waals surface area contributed by atoms with Gasteiger partial charge in [-0.1, -0.05) is 12.1 Å². The number of carbonyl (C=O) groups excluding carboxylic acids is 1. The number of hydrogen-bond donors (Lipinski definition) is 1. The monoisotopic (exact) mass is 244 g/mol. The van der Waals surface area contributed by atoms with Crippen molar-refractivity contribution in [1.29, 1.82) is 0 Å². The van der Waals surface area contributed by atoms with E-state index in [1.54, 1.807) is 0 Å². The molecule has 0 atom stereocenters. The van der Waals surface area contributed by atoms with Crippen molar-refractivity contribution in [3.63, 3.8) is 0 Å². The van der Waals surface area contributed by atoms with Gasteiger partial charge in [0.25, 0.3) is 5.91 Å². The second-order valence-corrected chi connectivity index (χ2v) is 4.88. The molecule has 1 aliphatic heterocycles. The number of rotatable bonds is 2. The fourth-order valence-corrected chi connectivity index (χ4v) is 2.69. The number of ether oxygens (including phenoxy) is 1. The van der Waals surface area contributed by atoms with Crippen LogP contribution in [-0.4, -0.2) is 17.8 Å². The van der Waals surface area contributed by atoms with Crippen molar-refractivity contribution in [3.8, 4) is 5.75 Å². The van der Waals surface area contributed by atoms with Gasteiger partial charge in [0, 0.05) is 0 Å². The van der Waals surface area contributed by atoms with Gasteiger partial charge in [0.2, 0.25) is 0 Å². The zero-order valence-electron chi connectivity index (χ0n) is 10.2. The van der Waals surface area contributed by atoms with Crippen molar-refractivity contribution in [1.82, 2.24) is 0 Å². The van der Waals surface area contributed by atoms with E-state index in [0.717, 1.165) is 29.7 Å². The maximum Gasteiger partial charge on any atom is 0.252 e. The molecule has 1 aromatic carbocycles. The van der Waals surface area contributed by atoms with E-state index in [9.17, 15) is 4.79 Å². The lowest BCUT2D eigenvalue weighted by Gasteiger charge is -2.20. The van der Waals surface area contributed by atoms with Crippen LogP contribution in [0.2, 0.25) is 0 Å². The maximum atomic E-state index is 11.4. The van der Waals surface area contributed by atoms with Crippen molar-refractivity contribution in [2.45, 2.75) is 38.2 Å². The van der Waals surface area contributed by atoms with Crippen LogP contribution in [0.1, 0.15) is 36.8 Å². The molecule has 3 rings (SSSR count). The fraction of sp³-hybridized carbons (Fsp3) is 0.429. The Labute approximate surface area is 106 Å². The third-order valence-corrected chi connectivity index (χ3v) is 3.55. The molecule has 0 radical (unpaired) electrons. The van der Waals surface area contributed by atoms with Gasteiger partial charge in [-0.15, -0.1) is 0 Å². The number of nitrogens with two attached hydrogens (primary N) is 1. The first-order chi connectivity index (χ1) is 8.74. The molecular formula is C14H16N2O2. The minimum Gasteiger partial charge on any atom is -0.490 e. The molecule has 94 valence electrons. The number of benzene rings is 1. The topological polar surface area (TPSA) is 64.7 Å². The third-order valence-electron chi connectivity index (χ3n) is 3.55. The van der Waals surface area contributed by atoms with Crippen LogP contribution in [0, 0.1) is 0 Å². The fourth-order valence-electron chi connectivity index (χ4n) is 2.69. The predicted octanol–water partition coefficient (Wildman–Crippen LogP) is 1.80. The van der Waals surface area contributed by atoms with Gasteiger partial charge in [-0.25, -0.2) is 0 Å². The van der Waals surface area contributed by atoms with Crippen LogP contribution >= 0.6 is 0 Å². The van der Waals surface area contributed by atoms with Gasteiger partial charge in [0.05, 0.1) is 18.1 Å². The largest absolute Gasteiger partial charge is 0.490 e. The molecule has 2 aliphatic rings. The second-order valence-electron chi connectivity index (χ2n) is 4.88. The molecule has 4 heteroatoms. The summed E-state index contributed by atoms with van der Waals surface area (Å²) in [5.74, 6) is 0.876. The average molecular weight is 244 g/mol. The minimum atomic E-state index is -0.182. The zero-order valence-corrected chi connectivity index (χ0v) is 10.2. The first-order valence-electron chi connectivity index (χ1n) is 6.40. The molecule has 0 saturated heterocycles. The molecular weight excluding hydrogens is 228 g/mol. The van der Waals surface area contributed by atoms with E-state index in [4.69, 9.17) is 10.5 Å². The van der Waals surface area contributed by atoms with Gasteiger partial charge in [-0.05, 0) is 37.3 Å². The molecule has 18 heavy (non-hydrogen) atoms. The number of fused-ring (bicyclic) bond motifs is 1. The zero-order chi connectivity index (χ0) is 12.5. The molecule has 0 spiro atoms. The van der Waals surface area contributed by atoms with Crippen molar-refractivity contribution in [2.24, 2.45) is 10.7 Å². The van der Waals surface area contributed by atoms with Crippen molar-refractivity contribution < 1.29 is 9.53 Å². The predicted molar refractivity (Wildman–Crippen MR) is 68.8 cm³/mol. The lowest BCUT2D eigenvalue weighted by molar-refractivity contribution is -0.117. The Hall–Kier alpha value is -1.84. The lowest BCUT2D eigenvalue weighted by atomic mass is 10.00. The Morgan fingerprint density at radius 1 is 1.28 bits per heavy atom. The Morgan fingerprint density at radius 2 is 2.06 bits per heavy atom. The highest BCUT2D eigenvalue weighted by Gasteiger charge is 2.23. The van der Waals surface area contributed by atoms with Crippen LogP contribution in [-0.2, 0) is 11.2 Å². The molecule has 0 bridgehead atoms.